The number of hydrogen-bond donors (Lipinski definition) is 1. The minimum Gasteiger partial charge on any atom is -0.329 e. The molecular formula is C14H12N4S2. The third-order valence-corrected chi connectivity index (χ3v) is 4.72. The molecule has 0 bridgehead atoms. The zero-order valence-corrected chi connectivity index (χ0v) is 12.7. The molecule has 2 aromatic heterocycles. The van der Waals surface area contributed by atoms with Crippen molar-refractivity contribution in [1.82, 2.24) is 14.5 Å². The second-order valence-corrected chi connectivity index (χ2v) is 6.25. The number of nitrogens with zero attached hydrogens (tertiary/aromatic N) is 3. The Morgan fingerprint density at radius 3 is 2.90 bits per heavy atom. The summed E-state index contributed by atoms with van der Waals surface area (Å²) in [7, 11) is 0. The number of imidazole rings is 1. The first-order valence-electron chi connectivity index (χ1n) is 6.10. The second-order valence-electron chi connectivity index (χ2n) is 4.97. The number of aromatic amines is 1. The van der Waals surface area contributed by atoms with Crippen molar-refractivity contribution >= 4 is 34.6 Å². The van der Waals surface area contributed by atoms with Crippen LogP contribution in [0.4, 0.5) is 0 Å². The van der Waals surface area contributed by atoms with E-state index in [1.54, 1.807) is 23.6 Å². The largest absolute Gasteiger partial charge is 0.329 e. The van der Waals surface area contributed by atoms with Crippen LogP contribution in [0.5, 0.6) is 0 Å². The molecule has 0 aliphatic heterocycles. The number of para-hydroxylation sites is 1. The number of benzene rings is 1. The molecule has 0 unspecified atom stereocenters. The van der Waals surface area contributed by atoms with Crippen LogP contribution in [0.25, 0.3) is 11.0 Å². The maximum Gasteiger partial charge on any atom is 0.178 e. The smallest absolute Gasteiger partial charge is 0.178 e. The van der Waals surface area contributed by atoms with E-state index in [9.17, 15) is 5.26 Å². The van der Waals surface area contributed by atoms with Gasteiger partial charge in [0.2, 0.25) is 0 Å². The molecular weight excluding hydrogens is 288 g/mol. The minimum absolute atomic E-state index is 0.364. The summed E-state index contributed by atoms with van der Waals surface area (Å²) < 4.78 is 2.63. The summed E-state index contributed by atoms with van der Waals surface area (Å²) in [5, 5.41) is 12.1. The fourth-order valence-electron chi connectivity index (χ4n) is 2.40. The van der Waals surface area contributed by atoms with Gasteiger partial charge in [0, 0.05) is 11.6 Å². The first-order valence-corrected chi connectivity index (χ1v) is 7.39. The van der Waals surface area contributed by atoms with Crippen molar-refractivity contribution in [2.45, 2.75) is 19.4 Å². The normalized spacial score (nSPS) is 11.7. The summed E-state index contributed by atoms with van der Waals surface area (Å²) >= 11 is 7.06. The van der Waals surface area contributed by atoms with Crippen LogP contribution in [0.1, 0.15) is 24.4 Å². The van der Waals surface area contributed by atoms with Gasteiger partial charge in [0.1, 0.15) is 11.1 Å². The lowest BCUT2D eigenvalue weighted by Crippen LogP contribution is -2.27. The Labute approximate surface area is 125 Å². The highest BCUT2D eigenvalue weighted by atomic mass is 32.1. The summed E-state index contributed by atoms with van der Waals surface area (Å²) in [6, 6.07) is 7.82. The van der Waals surface area contributed by atoms with Gasteiger partial charge < -0.3 is 9.55 Å². The van der Waals surface area contributed by atoms with Gasteiger partial charge in [0.15, 0.2) is 4.77 Å². The highest BCUT2D eigenvalue weighted by Crippen LogP contribution is 2.32. The molecule has 2 heterocycles. The molecule has 100 valence electrons. The zero-order chi connectivity index (χ0) is 14.3. The first kappa shape index (κ1) is 13.0. The predicted octanol–water partition coefficient (Wildman–Crippen LogP) is 3.81. The molecule has 0 saturated heterocycles. The van der Waals surface area contributed by atoms with Gasteiger partial charge in [-0.25, -0.2) is 4.98 Å². The first-order chi connectivity index (χ1) is 9.55. The average molecular weight is 300 g/mol. The van der Waals surface area contributed by atoms with Gasteiger partial charge in [-0.05, 0) is 38.2 Å². The molecule has 0 aliphatic rings. The van der Waals surface area contributed by atoms with Crippen LogP contribution in [0.2, 0.25) is 0 Å². The number of hydrogen-bond acceptors (Lipinski definition) is 4. The molecule has 1 aromatic carbocycles. The van der Waals surface area contributed by atoms with Crippen LogP contribution in [-0.2, 0) is 5.54 Å². The molecule has 20 heavy (non-hydrogen) atoms. The van der Waals surface area contributed by atoms with Gasteiger partial charge in [-0.15, -0.1) is 11.3 Å². The Hall–Kier alpha value is -1.97. The standard InChI is InChI=1S/C14H12N4S2/c1-14(2,12-16-6-7-20-12)18-10-5-3-4-9(8-15)11(10)17-13(18)19/h3-7H,1-2H3,(H,17,19). The Bertz CT molecular complexity index is 863. The molecule has 0 atom stereocenters. The number of thiazole rings is 1. The van der Waals surface area contributed by atoms with Crippen molar-refractivity contribution in [1.29, 1.82) is 5.26 Å². The molecule has 4 nitrogen and oxygen atoms in total. The van der Waals surface area contributed by atoms with E-state index in [0.717, 1.165) is 16.0 Å². The number of rotatable bonds is 2. The second kappa shape index (κ2) is 4.54. The van der Waals surface area contributed by atoms with Crippen molar-refractivity contribution in [3.05, 3.63) is 45.1 Å². The van der Waals surface area contributed by atoms with E-state index < -0.39 is 0 Å². The maximum atomic E-state index is 9.20. The number of nitrogens with one attached hydrogen (secondary N) is 1. The van der Waals surface area contributed by atoms with E-state index >= 15 is 0 Å². The molecule has 0 radical (unpaired) electrons. The summed E-state index contributed by atoms with van der Waals surface area (Å²) in [6.07, 6.45) is 1.79. The van der Waals surface area contributed by atoms with E-state index in [1.165, 1.54) is 0 Å². The molecule has 0 spiro atoms. The average Bonchev–Trinajstić information content (AvgIpc) is 3.04. The lowest BCUT2D eigenvalue weighted by molar-refractivity contribution is 0.441. The summed E-state index contributed by atoms with van der Waals surface area (Å²) in [5.74, 6) is 0. The molecule has 3 rings (SSSR count). The van der Waals surface area contributed by atoms with E-state index in [4.69, 9.17) is 12.2 Å². The zero-order valence-electron chi connectivity index (χ0n) is 11.0. The summed E-state index contributed by atoms with van der Waals surface area (Å²) in [5.41, 5.74) is 1.94. The number of fused-ring (bicyclic) bond motifs is 1. The van der Waals surface area contributed by atoms with Crippen molar-refractivity contribution < 1.29 is 0 Å². The topological polar surface area (TPSA) is 57.4 Å². The number of aromatic nitrogens is 3. The van der Waals surface area contributed by atoms with Crippen LogP contribution in [0, 0.1) is 16.1 Å². The lowest BCUT2D eigenvalue weighted by atomic mass is 10.1. The van der Waals surface area contributed by atoms with Gasteiger partial charge >= 0.3 is 0 Å². The van der Waals surface area contributed by atoms with Crippen molar-refractivity contribution in [2.75, 3.05) is 0 Å². The molecule has 1 N–H and O–H groups in total. The number of H-pyrrole nitrogens is 1. The SMILES string of the molecule is CC(C)(c1nccs1)n1c(=S)[nH]c2c(C#N)cccc21. The maximum absolute atomic E-state index is 9.20. The Morgan fingerprint density at radius 1 is 1.45 bits per heavy atom. The minimum atomic E-state index is -0.364. The van der Waals surface area contributed by atoms with E-state index in [2.05, 4.69) is 29.9 Å². The molecule has 3 aromatic rings. The van der Waals surface area contributed by atoms with Gasteiger partial charge in [0.05, 0.1) is 22.1 Å². The third-order valence-electron chi connectivity index (χ3n) is 3.35. The van der Waals surface area contributed by atoms with Gasteiger partial charge in [-0.3, -0.25) is 0 Å². The summed E-state index contributed by atoms with van der Waals surface area (Å²) in [4.78, 5) is 7.55. The quantitative estimate of drug-likeness (QED) is 0.732. The molecule has 6 heteroatoms. The van der Waals surface area contributed by atoms with E-state index in [-0.39, 0.29) is 5.54 Å². The monoisotopic (exact) mass is 300 g/mol. The predicted molar refractivity (Wildman–Crippen MR) is 82.4 cm³/mol. The van der Waals surface area contributed by atoms with E-state index in [0.29, 0.717) is 10.3 Å². The van der Waals surface area contributed by atoms with Crippen molar-refractivity contribution in [3.8, 4) is 6.07 Å². The van der Waals surface area contributed by atoms with Gasteiger partial charge in [-0.2, -0.15) is 5.26 Å². The summed E-state index contributed by atoms with van der Waals surface area (Å²) in [6.45, 7) is 4.15. The highest BCUT2D eigenvalue weighted by Gasteiger charge is 2.28. The Kier molecular flexibility index (Phi) is 2.96. The van der Waals surface area contributed by atoms with Crippen LogP contribution >= 0.6 is 23.6 Å². The molecule has 0 amide bonds. The third kappa shape index (κ3) is 1.79. The van der Waals surface area contributed by atoms with Crippen LogP contribution in [0.3, 0.4) is 0 Å². The fraction of sp³-hybridized carbons (Fsp3) is 0.214. The molecule has 0 fully saturated rings. The fourth-order valence-corrected chi connectivity index (χ4v) is 3.58. The highest BCUT2D eigenvalue weighted by molar-refractivity contribution is 7.71. The van der Waals surface area contributed by atoms with Crippen molar-refractivity contribution in [2.24, 2.45) is 0 Å². The van der Waals surface area contributed by atoms with Crippen LogP contribution < -0.4 is 0 Å². The lowest BCUT2D eigenvalue weighted by Gasteiger charge is -2.25. The van der Waals surface area contributed by atoms with E-state index in [1.807, 2.05) is 22.1 Å². The van der Waals surface area contributed by atoms with Gasteiger partial charge in [-0.1, -0.05) is 6.07 Å². The van der Waals surface area contributed by atoms with Gasteiger partial charge in [0.25, 0.3) is 0 Å². The van der Waals surface area contributed by atoms with Crippen LogP contribution in [0.15, 0.2) is 29.8 Å². The van der Waals surface area contributed by atoms with Crippen molar-refractivity contribution in [3.63, 3.8) is 0 Å². The number of nitriles is 1. The Balaban J connectivity index is 2.36. The Morgan fingerprint density at radius 2 is 2.25 bits per heavy atom. The van der Waals surface area contributed by atoms with Crippen LogP contribution in [-0.4, -0.2) is 14.5 Å². The molecule has 0 aliphatic carbocycles. The molecule has 0 saturated carbocycles.